The summed E-state index contributed by atoms with van der Waals surface area (Å²) < 4.78 is 16.5. The first-order valence-electron chi connectivity index (χ1n) is 7.27. The summed E-state index contributed by atoms with van der Waals surface area (Å²) in [6, 6.07) is 7.47. The van der Waals surface area contributed by atoms with Crippen LogP contribution >= 0.6 is 0 Å². The van der Waals surface area contributed by atoms with E-state index in [1.54, 1.807) is 6.07 Å². The van der Waals surface area contributed by atoms with E-state index in [0.29, 0.717) is 30.2 Å². The second kappa shape index (κ2) is 6.28. The molecule has 0 saturated carbocycles. The molecule has 21 heavy (non-hydrogen) atoms. The smallest absolute Gasteiger partial charge is 0.344 e. The normalized spacial score (nSPS) is 14.9. The lowest BCUT2D eigenvalue weighted by atomic mass is 10.1. The Kier molecular flexibility index (Phi) is 4.22. The van der Waals surface area contributed by atoms with Gasteiger partial charge in [0.25, 0.3) is 0 Å². The lowest BCUT2D eigenvalue weighted by Gasteiger charge is -2.28. The monoisotopic (exact) mass is 289 g/mol. The van der Waals surface area contributed by atoms with Gasteiger partial charge in [0.2, 0.25) is 0 Å². The summed E-state index contributed by atoms with van der Waals surface area (Å²) >= 11 is 0. The van der Waals surface area contributed by atoms with E-state index in [1.165, 1.54) is 0 Å². The topological polar surface area (TPSA) is 51.9 Å². The van der Waals surface area contributed by atoms with Crippen LogP contribution in [0.2, 0.25) is 0 Å². The molecule has 3 rings (SSSR count). The molecule has 0 saturated heterocycles. The summed E-state index contributed by atoms with van der Waals surface area (Å²) in [5.41, 5.74) is 0.876. The molecule has 1 aliphatic rings. The molecule has 0 unspecified atom stereocenters. The lowest BCUT2D eigenvalue weighted by molar-refractivity contribution is 0.0763. The highest BCUT2D eigenvalue weighted by atomic mass is 16.5. The summed E-state index contributed by atoms with van der Waals surface area (Å²) in [6.07, 6.45) is 0.922. The number of para-hydroxylation sites is 1. The van der Waals surface area contributed by atoms with Crippen LogP contribution in [0.25, 0.3) is 11.0 Å². The molecule has 112 valence electrons. The van der Waals surface area contributed by atoms with Gasteiger partial charge in [0.05, 0.1) is 10.9 Å². The quantitative estimate of drug-likeness (QED) is 0.625. The first-order valence-corrected chi connectivity index (χ1v) is 7.27. The minimum Gasteiger partial charge on any atom is -0.477 e. The standard InChI is InChI=1S/C16H19NO4/c1-2-19-9-5-8-17-10-13-15(20-11-17)12-6-3-4-7-14(12)21-16(13)18/h3-4,6-7H,2,5,8-11H2,1H3. The maximum Gasteiger partial charge on any atom is 0.344 e. The highest BCUT2D eigenvalue weighted by molar-refractivity contribution is 5.84. The van der Waals surface area contributed by atoms with Crippen molar-refractivity contribution in [3.8, 4) is 5.75 Å². The molecule has 2 heterocycles. The fourth-order valence-electron chi connectivity index (χ4n) is 2.56. The molecule has 0 radical (unpaired) electrons. The molecular weight excluding hydrogens is 270 g/mol. The molecule has 1 aliphatic heterocycles. The summed E-state index contributed by atoms with van der Waals surface area (Å²) in [7, 11) is 0. The second-order valence-electron chi connectivity index (χ2n) is 5.07. The van der Waals surface area contributed by atoms with Crippen molar-refractivity contribution in [3.63, 3.8) is 0 Å². The van der Waals surface area contributed by atoms with Gasteiger partial charge >= 0.3 is 5.63 Å². The van der Waals surface area contributed by atoms with Gasteiger partial charge in [-0.2, -0.15) is 0 Å². The largest absolute Gasteiger partial charge is 0.477 e. The van der Waals surface area contributed by atoms with E-state index in [2.05, 4.69) is 4.90 Å². The maximum absolute atomic E-state index is 12.1. The van der Waals surface area contributed by atoms with Gasteiger partial charge in [-0.05, 0) is 25.5 Å². The van der Waals surface area contributed by atoms with E-state index in [0.717, 1.165) is 31.6 Å². The Balaban J connectivity index is 1.80. The highest BCUT2D eigenvalue weighted by Crippen LogP contribution is 2.30. The molecular formula is C16H19NO4. The van der Waals surface area contributed by atoms with Crippen LogP contribution in [0.1, 0.15) is 18.9 Å². The van der Waals surface area contributed by atoms with Crippen molar-refractivity contribution in [1.29, 1.82) is 0 Å². The van der Waals surface area contributed by atoms with Crippen LogP contribution < -0.4 is 10.4 Å². The van der Waals surface area contributed by atoms with Gasteiger partial charge in [0, 0.05) is 26.3 Å². The van der Waals surface area contributed by atoms with Crippen molar-refractivity contribution in [1.82, 2.24) is 4.90 Å². The Morgan fingerprint density at radius 3 is 3.05 bits per heavy atom. The van der Waals surface area contributed by atoms with Crippen LogP contribution in [0.5, 0.6) is 5.75 Å². The first-order chi connectivity index (χ1) is 10.3. The van der Waals surface area contributed by atoms with Gasteiger partial charge in [-0.3, -0.25) is 4.90 Å². The molecule has 0 fully saturated rings. The van der Waals surface area contributed by atoms with Gasteiger partial charge in [-0.15, -0.1) is 0 Å². The Morgan fingerprint density at radius 2 is 2.19 bits per heavy atom. The molecule has 2 aromatic rings. The fraction of sp³-hybridized carbons (Fsp3) is 0.438. The highest BCUT2D eigenvalue weighted by Gasteiger charge is 2.23. The number of hydrogen-bond acceptors (Lipinski definition) is 5. The van der Waals surface area contributed by atoms with Gasteiger partial charge in [0.15, 0.2) is 0 Å². The Morgan fingerprint density at radius 1 is 1.33 bits per heavy atom. The fourth-order valence-corrected chi connectivity index (χ4v) is 2.56. The Bertz CT molecular complexity index is 680. The zero-order valence-electron chi connectivity index (χ0n) is 12.1. The third kappa shape index (κ3) is 2.94. The minimum absolute atomic E-state index is 0.307. The number of nitrogens with zero attached hydrogens (tertiary/aromatic N) is 1. The van der Waals surface area contributed by atoms with Crippen LogP contribution in [-0.4, -0.2) is 31.4 Å². The summed E-state index contributed by atoms with van der Waals surface area (Å²) in [5.74, 6) is 0.669. The molecule has 1 aromatic heterocycles. The van der Waals surface area contributed by atoms with Crippen LogP contribution in [0.4, 0.5) is 0 Å². The summed E-state index contributed by atoms with van der Waals surface area (Å²) in [4.78, 5) is 14.2. The zero-order chi connectivity index (χ0) is 14.7. The van der Waals surface area contributed by atoms with Crippen molar-refractivity contribution in [2.75, 3.05) is 26.5 Å². The molecule has 0 amide bonds. The Labute approximate surface area is 123 Å². The second-order valence-corrected chi connectivity index (χ2v) is 5.07. The van der Waals surface area contributed by atoms with Gasteiger partial charge in [0.1, 0.15) is 18.1 Å². The van der Waals surface area contributed by atoms with E-state index in [-0.39, 0.29) is 5.63 Å². The van der Waals surface area contributed by atoms with Crippen LogP contribution in [0.15, 0.2) is 33.5 Å². The maximum atomic E-state index is 12.1. The molecule has 5 heteroatoms. The number of benzene rings is 1. The van der Waals surface area contributed by atoms with Crippen LogP contribution in [0.3, 0.4) is 0 Å². The zero-order valence-corrected chi connectivity index (χ0v) is 12.1. The molecule has 0 atom stereocenters. The number of rotatable bonds is 5. The van der Waals surface area contributed by atoms with E-state index in [9.17, 15) is 4.79 Å². The van der Waals surface area contributed by atoms with E-state index in [4.69, 9.17) is 13.9 Å². The summed E-state index contributed by atoms with van der Waals surface area (Å²) in [6.45, 7) is 5.34. The Hall–Kier alpha value is -1.85. The number of fused-ring (bicyclic) bond motifs is 3. The third-order valence-corrected chi connectivity index (χ3v) is 3.60. The van der Waals surface area contributed by atoms with Gasteiger partial charge in [-0.1, -0.05) is 12.1 Å². The minimum atomic E-state index is -0.307. The van der Waals surface area contributed by atoms with Crippen molar-refractivity contribution in [2.45, 2.75) is 19.9 Å². The predicted molar refractivity (Wildman–Crippen MR) is 79.5 cm³/mol. The van der Waals surface area contributed by atoms with Crippen molar-refractivity contribution in [3.05, 3.63) is 40.2 Å². The van der Waals surface area contributed by atoms with E-state index >= 15 is 0 Å². The average molecular weight is 289 g/mol. The molecule has 0 spiro atoms. The number of hydrogen-bond donors (Lipinski definition) is 0. The van der Waals surface area contributed by atoms with Crippen molar-refractivity contribution < 1.29 is 13.9 Å². The SMILES string of the molecule is CCOCCCN1COc2c(c(=O)oc3ccccc23)C1. The number of ether oxygens (including phenoxy) is 2. The third-order valence-electron chi connectivity index (χ3n) is 3.60. The van der Waals surface area contributed by atoms with Gasteiger partial charge < -0.3 is 13.9 Å². The summed E-state index contributed by atoms with van der Waals surface area (Å²) in [5, 5.41) is 0.862. The molecule has 0 N–H and O–H groups in total. The lowest BCUT2D eigenvalue weighted by Crippen LogP contribution is -2.36. The molecule has 1 aromatic carbocycles. The van der Waals surface area contributed by atoms with Crippen molar-refractivity contribution >= 4 is 11.0 Å². The van der Waals surface area contributed by atoms with Crippen LogP contribution in [0, 0.1) is 0 Å². The van der Waals surface area contributed by atoms with Gasteiger partial charge in [-0.25, -0.2) is 4.79 Å². The molecule has 0 bridgehead atoms. The van der Waals surface area contributed by atoms with Crippen molar-refractivity contribution in [2.24, 2.45) is 0 Å². The van der Waals surface area contributed by atoms with E-state index < -0.39 is 0 Å². The van der Waals surface area contributed by atoms with E-state index in [1.807, 2.05) is 25.1 Å². The van der Waals surface area contributed by atoms with Crippen LogP contribution in [-0.2, 0) is 11.3 Å². The average Bonchev–Trinajstić information content (AvgIpc) is 2.52. The predicted octanol–water partition coefficient (Wildman–Crippen LogP) is 2.37. The first kappa shape index (κ1) is 14.1. The molecule has 0 aliphatic carbocycles. The molecule has 5 nitrogen and oxygen atoms in total.